The number of aliphatic hydroxyl groups is 6. The van der Waals surface area contributed by atoms with E-state index >= 15 is 0 Å². The quantitative estimate of drug-likeness (QED) is 0.245. The predicted molar refractivity (Wildman–Crippen MR) is 91.9 cm³/mol. The SMILES string of the molecule is COc1cc([C@@H](O)[C@H](O)CO[C@@H]2O[C@H](CO)[C@@H](O)[C@H](O)[C@H]2O)cc(OC)c1O. The van der Waals surface area contributed by atoms with E-state index in [1.54, 1.807) is 0 Å². The molecule has 7 N–H and O–H groups in total. The van der Waals surface area contributed by atoms with Crippen LogP contribution in [0, 0.1) is 0 Å². The van der Waals surface area contributed by atoms with Gasteiger partial charge in [0.05, 0.1) is 27.4 Å². The van der Waals surface area contributed by atoms with Crippen molar-refractivity contribution in [2.24, 2.45) is 0 Å². The van der Waals surface area contributed by atoms with Crippen LogP contribution < -0.4 is 9.47 Å². The number of rotatable bonds is 8. The van der Waals surface area contributed by atoms with E-state index in [9.17, 15) is 30.6 Å². The summed E-state index contributed by atoms with van der Waals surface area (Å²) in [5, 5.41) is 69.0. The van der Waals surface area contributed by atoms with Crippen LogP contribution in [0.3, 0.4) is 0 Å². The number of ether oxygens (including phenoxy) is 4. The zero-order chi connectivity index (χ0) is 21.0. The Balaban J connectivity index is 2.05. The minimum Gasteiger partial charge on any atom is -0.502 e. The Morgan fingerprint density at radius 1 is 1.00 bits per heavy atom. The number of hydrogen-bond acceptors (Lipinski definition) is 11. The van der Waals surface area contributed by atoms with Crippen LogP contribution in [0.15, 0.2) is 12.1 Å². The summed E-state index contributed by atoms with van der Waals surface area (Å²) in [6.07, 6.45) is -10.4. The first-order valence-corrected chi connectivity index (χ1v) is 8.48. The topological polar surface area (TPSA) is 179 Å². The molecule has 1 aromatic carbocycles. The summed E-state index contributed by atoms with van der Waals surface area (Å²) in [7, 11) is 2.62. The Morgan fingerprint density at radius 2 is 1.57 bits per heavy atom. The van der Waals surface area contributed by atoms with Crippen LogP contribution in [-0.4, -0.2) is 100.0 Å². The van der Waals surface area contributed by atoms with Gasteiger partial charge in [0.15, 0.2) is 17.8 Å². The van der Waals surface area contributed by atoms with E-state index < -0.39 is 56.1 Å². The highest BCUT2D eigenvalue weighted by Gasteiger charge is 2.44. The average Bonchev–Trinajstić information content (AvgIpc) is 2.70. The molecule has 0 radical (unpaired) electrons. The standard InChI is InChI=1S/C17H26O11/c1-25-9-3-7(4-10(26-2)13(9)21)12(20)8(19)6-27-17-16(24)15(23)14(22)11(5-18)28-17/h3-4,8,11-12,14-24H,5-6H2,1-2H3/t8-,11-,12-,14-,15+,16-,17-/m1/s1. The van der Waals surface area contributed by atoms with Crippen LogP contribution in [0.1, 0.15) is 11.7 Å². The first-order valence-electron chi connectivity index (χ1n) is 8.48. The van der Waals surface area contributed by atoms with Crippen molar-refractivity contribution in [1.29, 1.82) is 0 Å². The van der Waals surface area contributed by atoms with Crippen LogP contribution >= 0.6 is 0 Å². The van der Waals surface area contributed by atoms with E-state index in [-0.39, 0.29) is 22.8 Å². The third-order valence-electron chi connectivity index (χ3n) is 4.49. The van der Waals surface area contributed by atoms with Crippen molar-refractivity contribution in [3.63, 3.8) is 0 Å². The van der Waals surface area contributed by atoms with Gasteiger partial charge in [-0.25, -0.2) is 0 Å². The van der Waals surface area contributed by atoms with Gasteiger partial charge < -0.3 is 54.7 Å². The Kier molecular flexibility index (Phi) is 7.80. The highest BCUT2D eigenvalue weighted by molar-refractivity contribution is 5.53. The molecule has 0 bridgehead atoms. The molecule has 0 amide bonds. The minimum absolute atomic E-state index is 0.0236. The maximum atomic E-state index is 10.4. The van der Waals surface area contributed by atoms with Crippen LogP contribution in [0.25, 0.3) is 0 Å². The van der Waals surface area contributed by atoms with Crippen molar-refractivity contribution in [2.75, 3.05) is 27.4 Å². The lowest BCUT2D eigenvalue weighted by atomic mass is 9.99. The van der Waals surface area contributed by atoms with Crippen molar-refractivity contribution in [3.05, 3.63) is 17.7 Å². The van der Waals surface area contributed by atoms with Gasteiger partial charge in [-0.1, -0.05) is 0 Å². The predicted octanol–water partition coefficient (Wildman–Crippen LogP) is -2.38. The third-order valence-corrected chi connectivity index (χ3v) is 4.49. The molecule has 28 heavy (non-hydrogen) atoms. The number of benzene rings is 1. The van der Waals surface area contributed by atoms with E-state index in [1.807, 2.05) is 0 Å². The molecule has 0 aliphatic carbocycles. The van der Waals surface area contributed by atoms with Crippen molar-refractivity contribution >= 4 is 0 Å². The molecule has 2 rings (SSSR count). The summed E-state index contributed by atoms with van der Waals surface area (Å²) in [6.45, 7) is -1.14. The van der Waals surface area contributed by atoms with Crippen LogP contribution in [0.4, 0.5) is 0 Å². The third kappa shape index (κ3) is 4.64. The number of methoxy groups -OCH3 is 2. The summed E-state index contributed by atoms with van der Waals surface area (Å²) in [5.74, 6) is -0.223. The van der Waals surface area contributed by atoms with E-state index in [2.05, 4.69) is 0 Å². The van der Waals surface area contributed by atoms with Crippen molar-refractivity contribution in [1.82, 2.24) is 0 Å². The van der Waals surface area contributed by atoms with E-state index in [0.29, 0.717) is 0 Å². The smallest absolute Gasteiger partial charge is 0.200 e. The highest BCUT2D eigenvalue weighted by atomic mass is 16.7. The molecule has 1 heterocycles. The fraction of sp³-hybridized carbons (Fsp3) is 0.647. The molecule has 1 saturated heterocycles. The van der Waals surface area contributed by atoms with Gasteiger partial charge in [0.2, 0.25) is 5.75 Å². The molecule has 1 aliphatic heterocycles. The second-order valence-electron chi connectivity index (χ2n) is 6.32. The summed E-state index contributed by atoms with van der Waals surface area (Å²) in [5.41, 5.74) is 0.163. The average molecular weight is 406 g/mol. The van der Waals surface area contributed by atoms with Gasteiger partial charge in [0.25, 0.3) is 0 Å². The molecule has 160 valence electrons. The number of phenols is 1. The van der Waals surface area contributed by atoms with Gasteiger partial charge in [-0.2, -0.15) is 0 Å². The molecular weight excluding hydrogens is 380 g/mol. The van der Waals surface area contributed by atoms with Crippen molar-refractivity contribution in [2.45, 2.75) is 42.9 Å². The largest absolute Gasteiger partial charge is 0.502 e. The van der Waals surface area contributed by atoms with Gasteiger partial charge in [-0.05, 0) is 17.7 Å². The maximum Gasteiger partial charge on any atom is 0.200 e. The summed E-state index contributed by atoms with van der Waals surface area (Å²) in [4.78, 5) is 0. The van der Waals surface area contributed by atoms with Crippen LogP contribution in [0.5, 0.6) is 17.2 Å². The number of phenolic OH excluding ortho intramolecular Hbond substituents is 1. The van der Waals surface area contributed by atoms with Crippen LogP contribution in [0.2, 0.25) is 0 Å². The van der Waals surface area contributed by atoms with E-state index in [4.69, 9.17) is 24.1 Å². The maximum absolute atomic E-state index is 10.4. The highest BCUT2D eigenvalue weighted by Crippen LogP contribution is 2.39. The number of hydrogen-bond donors (Lipinski definition) is 7. The van der Waals surface area contributed by atoms with Crippen LogP contribution in [-0.2, 0) is 9.47 Å². The lowest BCUT2D eigenvalue weighted by molar-refractivity contribution is -0.306. The van der Waals surface area contributed by atoms with Crippen molar-refractivity contribution in [3.8, 4) is 17.2 Å². The molecule has 1 aromatic rings. The summed E-state index contributed by atoms with van der Waals surface area (Å²) < 4.78 is 20.4. The molecule has 1 aliphatic rings. The molecule has 11 heteroatoms. The fourth-order valence-electron chi connectivity index (χ4n) is 2.80. The summed E-state index contributed by atoms with van der Waals surface area (Å²) in [6, 6.07) is 2.61. The Bertz CT molecular complexity index is 613. The lowest BCUT2D eigenvalue weighted by Crippen LogP contribution is -2.59. The molecule has 7 atom stereocenters. The van der Waals surface area contributed by atoms with E-state index in [0.717, 1.165) is 0 Å². The molecule has 0 spiro atoms. The Morgan fingerprint density at radius 3 is 2.07 bits per heavy atom. The normalized spacial score (nSPS) is 29.9. The Labute approximate surface area is 160 Å². The molecule has 0 saturated carbocycles. The summed E-state index contributed by atoms with van der Waals surface area (Å²) >= 11 is 0. The molecule has 11 nitrogen and oxygen atoms in total. The molecule has 0 aromatic heterocycles. The second kappa shape index (κ2) is 9.67. The van der Waals surface area contributed by atoms with Gasteiger partial charge in [-0.3, -0.25) is 0 Å². The number of aromatic hydroxyl groups is 1. The molecule has 1 fully saturated rings. The van der Waals surface area contributed by atoms with Gasteiger partial charge in [0, 0.05) is 0 Å². The first kappa shape index (κ1) is 22.6. The molecular formula is C17H26O11. The number of aliphatic hydroxyl groups excluding tert-OH is 6. The lowest BCUT2D eigenvalue weighted by Gasteiger charge is -2.39. The fourth-order valence-corrected chi connectivity index (χ4v) is 2.80. The first-order chi connectivity index (χ1) is 13.2. The Hall–Kier alpha value is -1.70. The zero-order valence-electron chi connectivity index (χ0n) is 15.4. The van der Waals surface area contributed by atoms with Crippen molar-refractivity contribution < 1.29 is 54.7 Å². The van der Waals surface area contributed by atoms with Gasteiger partial charge in [-0.15, -0.1) is 0 Å². The minimum atomic E-state index is -1.63. The van der Waals surface area contributed by atoms with E-state index in [1.165, 1.54) is 26.4 Å². The molecule has 0 unspecified atom stereocenters. The zero-order valence-corrected chi connectivity index (χ0v) is 15.4. The van der Waals surface area contributed by atoms with Gasteiger partial charge >= 0.3 is 0 Å². The van der Waals surface area contributed by atoms with Gasteiger partial charge in [0.1, 0.15) is 36.6 Å². The second-order valence-corrected chi connectivity index (χ2v) is 6.32. The monoisotopic (exact) mass is 406 g/mol.